The quantitative estimate of drug-likeness (QED) is 0.0504. The second-order valence-corrected chi connectivity index (χ2v) is 14.4. The third-order valence-electron chi connectivity index (χ3n) is 8.29. The van der Waals surface area contributed by atoms with E-state index in [2.05, 4.69) is 4.98 Å². The van der Waals surface area contributed by atoms with Crippen molar-refractivity contribution in [3.63, 3.8) is 0 Å². The van der Waals surface area contributed by atoms with E-state index in [1.54, 1.807) is 60.7 Å². The zero-order valence-corrected chi connectivity index (χ0v) is 35.2. The number of rotatable bonds is 21. The van der Waals surface area contributed by atoms with E-state index in [0.29, 0.717) is 23.0 Å². The van der Waals surface area contributed by atoms with Crippen LogP contribution in [0.2, 0.25) is 0 Å². The van der Waals surface area contributed by atoms with Crippen LogP contribution in [0.3, 0.4) is 0 Å². The van der Waals surface area contributed by atoms with Gasteiger partial charge in [0.15, 0.2) is 28.9 Å². The van der Waals surface area contributed by atoms with E-state index in [0.717, 1.165) is 0 Å². The molecule has 0 aliphatic carbocycles. The summed E-state index contributed by atoms with van der Waals surface area (Å²) >= 11 is 0. The van der Waals surface area contributed by atoms with Crippen LogP contribution in [0.5, 0.6) is 51.7 Å². The summed E-state index contributed by atoms with van der Waals surface area (Å²) < 4.78 is 59.2. The average molecular weight is 846 g/mol. The molecule has 0 fully saturated rings. The molecule has 0 bridgehead atoms. The summed E-state index contributed by atoms with van der Waals surface area (Å²) in [4.78, 5) is 55.2. The third-order valence-corrected chi connectivity index (χ3v) is 10.4. The molecule has 0 saturated heterocycles. The van der Waals surface area contributed by atoms with E-state index >= 15 is 0 Å². The molecule has 1 heterocycles. The van der Waals surface area contributed by atoms with E-state index in [1.807, 2.05) is 0 Å². The van der Waals surface area contributed by atoms with Crippen molar-refractivity contribution < 1.29 is 65.3 Å². The molecule has 4 aromatic carbocycles. The number of ether oxygens (including phenoxy) is 4. The fourth-order valence-electron chi connectivity index (χ4n) is 5.24. The van der Waals surface area contributed by atoms with Crippen molar-refractivity contribution in [3.8, 4) is 51.7 Å². The van der Waals surface area contributed by atoms with Gasteiger partial charge in [0.05, 0.1) is 50.7 Å². The highest BCUT2D eigenvalue weighted by Gasteiger charge is 2.29. The highest BCUT2D eigenvalue weighted by molar-refractivity contribution is 7.43. The van der Waals surface area contributed by atoms with Gasteiger partial charge in [-0.25, -0.2) is 0 Å². The van der Waals surface area contributed by atoms with Gasteiger partial charge in [-0.1, -0.05) is 0 Å². The number of Topliss-reactive ketones (excluding diaryl/α,β-unsaturated/α-hetero) is 4. The van der Waals surface area contributed by atoms with Gasteiger partial charge in [-0.3, -0.25) is 28.7 Å². The number of methoxy groups -OCH3 is 4. The fraction of sp³-hybridized carbons (Fsp3) is 0.214. The number of carbonyl (C=O) groups excluding carboxylic acids is 4. The molecule has 0 saturated carbocycles. The van der Waals surface area contributed by atoms with Gasteiger partial charge in [0.2, 0.25) is 0 Å². The van der Waals surface area contributed by atoms with Gasteiger partial charge in [0.1, 0.15) is 58.3 Å². The van der Waals surface area contributed by atoms with Crippen molar-refractivity contribution >= 4 is 40.3 Å². The van der Waals surface area contributed by atoms with Crippen LogP contribution in [-0.4, -0.2) is 56.6 Å². The first-order valence-electron chi connectivity index (χ1n) is 17.7. The average Bonchev–Trinajstić information content (AvgIpc) is 3.22. The predicted octanol–water partition coefficient (Wildman–Crippen LogP) is 9.59. The molecule has 0 N–H and O–H groups in total. The minimum Gasteiger partial charge on any atom is -0.497 e. The SMILES string of the molecule is COc1ccc(C(C)=O)c(OP(OCc2ncccc2OP(Oc2cc(OC)ccc2C(C)=O)Oc2cc(OC)ccc2C(C)=O)Oc2cc(OC)ccc2C(C)=O)c1. The standard InChI is InChI=1S/C42H41NO14P2/c1-25(44)33-15-11-29(48-5)20-39(33)54-58(55-40-21-30(49-6)12-16-34(40)26(2)45)52-24-37-38(10-9-19-43-37)53-59(56-41-22-31(50-7)13-17-35(41)27(3)46)57-42-23-32(51-8)14-18-36(42)28(4)47/h9-23H,24H2,1-8H3. The molecule has 17 heteroatoms. The number of hydrogen-bond donors (Lipinski definition) is 0. The lowest BCUT2D eigenvalue weighted by molar-refractivity contribution is 0.100. The van der Waals surface area contributed by atoms with Crippen molar-refractivity contribution in [2.75, 3.05) is 28.4 Å². The number of ketones is 4. The van der Waals surface area contributed by atoms with Crippen LogP contribution in [0, 0.1) is 0 Å². The second kappa shape index (κ2) is 20.4. The topological polar surface area (TPSA) is 173 Å². The number of hydrogen-bond acceptors (Lipinski definition) is 15. The zero-order valence-electron chi connectivity index (χ0n) is 33.4. The molecule has 308 valence electrons. The summed E-state index contributed by atoms with van der Waals surface area (Å²) in [6.45, 7) is 5.19. The fourth-order valence-corrected chi connectivity index (χ4v) is 7.30. The highest BCUT2D eigenvalue weighted by atomic mass is 31.2. The number of benzene rings is 4. The van der Waals surface area contributed by atoms with E-state index in [-0.39, 0.29) is 86.4 Å². The van der Waals surface area contributed by atoms with Crippen molar-refractivity contribution in [2.24, 2.45) is 0 Å². The lowest BCUT2D eigenvalue weighted by Crippen LogP contribution is -2.09. The minimum atomic E-state index is -2.53. The van der Waals surface area contributed by atoms with Crippen LogP contribution in [0.25, 0.3) is 0 Å². The molecule has 15 nitrogen and oxygen atoms in total. The van der Waals surface area contributed by atoms with Crippen LogP contribution in [0.4, 0.5) is 0 Å². The molecule has 0 spiro atoms. The summed E-state index contributed by atoms with van der Waals surface area (Å²) in [6, 6.07) is 21.8. The molecular formula is C42H41NO14P2. The molecule has 0 atom stereocenters. The molecular weight excluding hydrogens is 804 g/mol. The molecule has 0 amide bonds. The Morgan fingerprint density at radius 3 is 1.10 bits per heavy atom. The maximum absolute atomic E-state index is 12.7. The van der Waals surface area contributed by atoms with Crippen LogP contribution in [0.1, 0.15) is 74.8 Å². The maximum Gasteiger partial charge on any atom is 0.530 e. The Bertz CT molecular complexity index is 2200. The molecule has 59 heavy (non-hydrogen) atoms. The maximum atomic E-state index is 12.7. The van der Waals surface area contributed by atoms with Crippen LogP contribution >= 0.6 is 17.2 Å². The van der Waals surface area contributed by atoms with Crippen molar-refractivity contribution in [2.45, 2.75) is 34.3 Å². The summed E-state index contributed by atoms with van der Waals surface area (Å²) in [6.07, 6.45) is 1.50. The van der Waals surface area contributed by atoms with E-state index in [1.165, 1.54) is 86.6 Å². The smallest absolute Gasteiger partial charge is 0.497 e. The second-order valence-electron chi connectivity index (χ2n) is 12.3. The molecule has 0 unspecified atom stereocenters. The van der Waals surface area contributed by atoms with Gasteiger partial charge in [-0.15, -0.1) is 0 Å². The third kappa shape index (κ3) is 11.4. The van der Waals surface area contributed by atoms with Gasteiger partial charge in [0, 0.05) is 30.5 Å². The largest absolute Gasteiger partial charge is 0.530 e. The van der Waals surface area contributed by atoms with E-state index in [9.17, 15) is 19.2 Å². The Hall–Kier alpha value is -6.27. The number of pyridine rings is 1. The van der Waals surface area contributed by atoms with Gasteiger partial charge in [0.25, 0.3) is 0 Å². The van der Waals surface area contributed by atoms with Crippen LogP contribution < -0.4 is 41.6 Å². The Balaban J connectivity index is 1.54. The first-order valence-corrected chi connectivity index (χ1v) is 19.9. The lowest BCUT2D eigenvalue weighted by atomic mass is 10.1. The Morgan fingerprint density at radius 1 is 0.458 bits per heavy atom. The summed E-state index contributed by atoms with van der Waals surface area (Å²) in [5, 5.41) is 0. The molecule has 0 aliphatic heterocycles. The van der Waals surface area contributed by atoms with Crippen molar-refractivity contribution in [1.82, 2.24) is 4.98 Å². The minimum absolute atomic E-state index is 0.0846. The Morgan fingerprint density at radius 2 is 0.780 bits per heavy atom. The first kappa shape index (κ1) is 43.8. The number of nitrogens with zero attached hydrogens (tertiary/aromatic N) is 1. The molecule has 1 aromatic heterocycles. The molecule has 0 aliphatic rings. The molecule has 0 radical (unpaired) electrons. The van der Waals surface area contributed by atoms with Crippen LogP contribution in [-0.2, 0) is 11.1 Å². The van der Waals surface area contributed by atoms with E-state index in [4.69, 9.17) is 46.1 Å². The van der Waals surface area contributed by atoms with Gasteiger partial charge < -0.3 is 41.6 Å². The lowest BCUT2D eigenvalue weighted by Gasteiger charge is -2.22. The van der Waals surface area contributed by atoms with Crippen molar-refractivity contribution in [1.29, 1.82) is 0 Å². The molecule has 5 rings (SSSR count). The van der Waals surface area contributed by atoms with Gasteiger partial charge >= 0.3 is 17.2 Å². The molecule has 5 aromatic rings. The summed E-state index contributed by atoms with van der Waals surface area (Å²) in [7, 11) is 0.854. The normalized spacial score (nSPS) is 10.7. The van der Waals surface area contributed by atoms with E-state index < -0.39 is 17.2 Å². The monoisotopic (exact) mass is 845 g/mol. The zero-order chi connectivity index (χ0) is 42.6. The highest BCUT2D eigenvalue weighted by Crippen LogP contribution is 2.49. The number of aromatic nitrogens is 1. The predicted molar refractivity (Wildman–Crippen MR) is 218 cm³/mol. The van der Waals surface area contributed by atoms with Crippen molar-refractivity contribution in [3.05, 3.63) is 119 Å². The Kier molecular flexibility index (Phi) is 15.2. The van der Waals surface area contributed by atoms with Gasteiger partial charge in [-0.05, 0) is 88.4 Å². The van der Waals surface area contributed by atoms with Gasteiger partial charge in [-0.2, -0.15) is 0 Å². The first-order chi connectivity index (χ1) is 28.3. The summed E-state index contributed by atoms with van der Waals surface area (Å²) in [5.41, 5.74) is 1.06. The Labute approximate surface area is 343 Å². The number of carbonyl (C=O) groups is 4. The van der Waals surface area contributed by atoms with Crippen LogP contribution in [0.15, 0.2) is 91.1 Å². The summed E-state index contributed by atoms with van der Waals surface area (Å²) in [5.74, 6) is 0.835.